The fraction of sp³-hybridized carbons (Fsp3) is 0.667. The summed E-state index contributed by atoms with van der Waals surface area (Å²) in [6.07, 6.45) is -4.24. The Bertz CT molecular complexity index is 450. The molecule has 21 heavy (non-hydrogen) atoms. The third-order valence-electron chi connectivity index (χ3n) is 2.86. The van der Waals surface area contributed by atoms with Crippen molar-refractivity contribution in [2.24, 2.45) is 0 Å². The first-order valence-electron chi connectivity index (χ1n) is 7.02. The van der Waals surface area contributed by atoms with Gasteiger partial charge in [0.15, 0.2) is 0 Å². The van der Waals surface area contributed by atoms with Crippen molar-refractivity contribution in [2.75, 3.05) is 11.4 Å². The molecule has 0 aliphatic heterocycles. The second-order valence-corrected chi connectivity index (χ2v) is 6.43. The van der Waals surface area contributed by atoms with Gasteiger partial charge in [0.05, 0.1) is 5.69 Å². The molecule has 0 saturated heterocycles. The van der Waals surface area contributed by atoms with Gasteiger partial charge in [-0.2, -0.15) is 13.2 Å². The summed E-state index contributed by atoms with van der Waals surface area (Å²) in [5.41, 5.74) is 0.664. The van der Waals surface area contributed by atoms with Crippen LogP contribution in [0.25, 0.3) is 0 Å². The first-order valence-corrected chi connectivity index (χ1v) is 7.02. The molecule has 1 heterocycles. The van der Waals surface area contributed by atoms with Crippen LogP contribution < -0.4 is 10.2 Å². The van der Waals surface area contributed by atoms with Crippen molar-refractivity contribution in [1.82, 2.24) is 10.3 Å². The van der Waals surface area contributed by atoms with E-state index in [0.717, 1.165) is 5.69 Å². The third kappa shape index (κ3) is 6.80. The number of pyridine rings is 1. The molecule has 1 rings (SSSR count). The van der Waals surface area contributed by atoms with E-state index in [9.17, 15) is 13.2 Å². The summed E-state index contributed by atoms with van der Waals surface area (Å²) in [6.45, 7) is 9.08. The summed E-state index contributed by atoms with van der Waals surface area (Å²) in [5.74, 6) is 0.357. The molecular formula is C15H24F3N3. The van der Waals surface area contributed by atoms with Crippen molar-refractivity contribution in [2.45, 2.75) is 58.9 Å². The van der Waals surface area contributed by atoms with Gasteiger partial charge in [-0.1, -0.05) is 6.07 Å². The maximum absolute atomic E-state index is 12.7. The van der Waals surface area contributed by atoms with Gasteiger partial charge in [0, 0.05) is 18.1 Å². The topological polar surface area (TPSA) is 28.2 Å². The highest BCUT2D eigenvalue weighted by Crippen LogP contribution is 2.23. The average molecular weight is 303 g/mol. The van der Waals surface area contributed by atoms with Gasteiger partial charge in [0.25, 0.3) is 0 Å². The van der Waals surface area contributed by atoms with E-state index in [4.69, 9.17) is 0 Å². The largest absolute Gasteiger partial charge is 0.405 e. The molecule has 1 aromatic heterocycles. The molecule has 120 valence electrons. The molecule has 0 aliphatic rings. The molecule has 0 saturated carbocycles. The lowest BCUT2D eigenvalue weighted by Gasteiger charge is -2.29. The van der Waals surface area contributed by atoms with Gasteiger partial charge in [-0.25, -0.2) is 4.98 Å². The van der Waals surface area contributed by atoms with Crippen LogP contribution in [-0.2, 0) is 6.54 Å². The second-order valence-electron chi connectivity index (χ2n) is 6.43. The highest BCUT2D eigenvalue weighted by Gasteiger charge is 2.32. The van der Waals surface area contributed by atoms with Crippen LogP contribution in [0.5, 0.6) is 0 Å². The average Bonchev–Trinajstić information content (AvgIpc) is 2.32. The van der Waals surface area contributed by atoms with E-state index >= 15 is 0 Å². The standard InChI is InChI=1S/C15H24F3N3/c1-11(2)21(10-15(16,17)18)13-8-6-7-12(20-13)9-19-14(3,4)5/h6-8,11,19H,9-10H2,1-5H3. The van der Waals surface area contributed by atoms with E-state index in [-0.39, 0.29) is 11.6 Å². The van der Waals surface area contributed by atoms with Gasteiger partial charge in [-0.3, -0.25) is 0 Å². The Morgan fingerprint density at radius 2 is 1.81 bits per heavy atom. The number of hydrogen-bond acceptors (Lipinski definition) is 3. The van der Waals surface area contributed by atoms with Crippen LogP contribution in [0.4, 0.5) is 19.0 Å². The lowest BCUT2D eigenvalue weighted by atomic mass is 10.1. The number of halogens is 3. The zero-order valence-electron chi connectivity index (χ0n) is 13.3. The Hall–Kier alpha value is -1.30. The number of hydrogen-bond donors (Lipinski definition) is 1. The number of alkyl halides is 3. The van der Waals surface area contributed by atoms with E-state index in [1.807, 2.05) is 26.8 Å². The molecule has 1 aromatic rings. The smallest absolute Gasteiger partial charge is 0.345 e. The molecule has 0 unspecified atom stereocenters. The fourth-order valence-electron chi connectivity index (χ4n) is 1.80. The molecule has 0 bridgehead atoms. The minimum atomic E-state index is -4.24. The quantitative estimate of drug-likeness (QED) is 0.898. The van der Waals surface area contributed by atoms with Crippen molar-refractivity contribution in [1.29, 1.82) is 0 Å². The SMILES string of the molecule is CC(C)N(CC(F)(F)F)c1cccc(CNC(C)(C)C)n1. The van der Waals surface area contributed by atoms with Crippen LogP contribution in [0.3, 0.4) is 0 Å². The zero-order valence-corrected chi connectivity index (χ0v) is 13.3. The van der Waals surface area contributed by atoms with Crippen molar-refractivity contribution in [3.8, 4) is 0 Å². The molecule has 0 aromatic carbocycles. The predicted molar refractivity (Wildman–Crippen MR) is 79.4 cm³/mol. The summed E-state index contributed by atoms with van der Waals surface area (Å²) >= 11 is 0. The first-order chi connectivity index (χ1) is 9.48. The molecule has 0 radical (unpaired) electrons. The van der Waals surface area contributed by atoms with Crippen LogP contribution in [0.1, 0.15) is 40.3 Å². The van der Waals surface area contributed by atoms with Crippen molar-refractivity contribution < 1.29 is 13.2 Å². The summed E-state index contributed by atoms with van der Waals surface area (Å²) in [4.78, 5) is 5.61. The van der Waals surface area contributed by atoms with Gasteiger partial charge >= 0.3 is 6.18 Å². The maximum atomic E-state index is 12.7. The molecule has 6 heteroatoms. The van der Waals surface area contributed by atoms with Crippen LogP contribution in [0, 0.1) is 0 Å². The van der Waals surface area contributed by atoms with Crippen LogP contribution in [-0.4, -0.2) is 29.3 Å². The fourth-order valence-corrected chi connectivity index (χ4v) is 1.80. The Kier molecular flexibility index (Phi) is 5.61. The molecule has 0 fully saturated rings. The van der Waals surface area contributed by atoms with Crippen molar-refractivity contribution in [3.63, 3.8) is 0 Å². The molecule has 0 aliphatic carbocycles. The summed E-state index contributed by atoms with van der Waals surface area (Å²) in [5, 5.41) is 3.28. The number of rotatable bonds is 5. The second kappa shape index (κ2) is 6.64. The number of nitrogens with one attached hydrogen (secondary N) is 1. The minimum absolute atomic E-state index is 0.0681. The third-order valence-corrected chi connectivity index (χ3v) is 2.86. The molecular weight excluding hydrogens is 279 g/mol. The minimum Gasteiger partial charge on any atom is -0.345 e. The summed E-state index contributed by atoms with van der Waals surface area (Å²) in [7, 11) is 0. The van der Waals surface area contributed by atoms with Gasteiger partial charge < -0.3 is 10.2 Å². The van der Waals surface area contributed by atoms with E-state index in [1.54, 1.807) is 26.0 Å². The Morgan fingerprint density at radius 3 is 2.29 bits per heavy atom. The summed E-state index contributed by atoms with van der Waals surface area (Å²) < 4.78 is 38.0. The zero-order chi connectivity index (χ0) is 16.3. The lowest BCUT2D eigenvalue weighted by Crippen LogP contribution is -2.40. The van der Waals surface area contributed by atoms with Crippen LogP contribution >= 0.6 is 0 Å². The summed E-state index contributed by atoms with van der Waals surface area (Å²) in [6, 6.07) is 4.90. The first kappa shape index (κ1) is 17.8. The number of aromatic nitrogens is 1. The molecule has 0 spiro atoms. The normalized spacial score (nSPS) is 12.8. The van der Waals surface area contributed by atoms with E-state index < -0.39 is 12.7 Å². The predicted octanol–water partition coefficient (Wildman–Crippen LogP) is 3.75. The van der Waals surface area contributed by atoms with Crippen LogP contribution in [0.15, 0.2) is 18.2 Å². The number of nitrogens with zero attached hydrogens (tertiary/aromatic N) is 2. The molecule has 3 nitrogen and oxygen atoms in total. The highest BCUT2D eigenvalue weighted by molar-refractivity contribution is 5.40. The molecule has 1 N–H and O–H groups in total. The van der Waals surface area contributed by atoms with Gasteiger partial charge in [-0.15, -0.1) is 0 Å². The van der Waals surface area contributed by atoms with Gasteiger partial charge in [-0.05, 0) is 46.8 Å². The van der Waals surface area contributed by atoms with Crippen molar-refractivity contribution >= 4 is 5.82 Å². The highest BCUT2D eigenvalue weighted by atomic mass is 19.4. The Morgan fingerprint density at radius 1 is 1.19 bits per heavy atom. The van der Waals surface area contributed by atoms with Gasteiger partial charge in [0.1, 0.15) is 12.4 Å². The van der Waals surface area contributed by atoms with E-state index in [2.05, 4.69) is 10.3 Å². The van der Waals surface area contributed by atoms with E-state index in [1.165, 1.54) is 4.90 Å². The lowest BCUT2D eigenvalue weighted by molar-refractivity contribution is -0.120. The Labute approximate surface area is 124 Å². The van der Waals surface area contributed by atoms with Crippen LogP contribution in [0.2, 0.25) is 0 Å². The van der Waals surface area contributed by atoms with Crippen molar-refractivity contribution in [3.05, 3.63) is 23.9 Å². The van der Waals surface area contributed by atoms with E-state index in [0.29, 0.717) is 12.4 Å². The van der Waals surface area contributed by atoms with Gasteiger partial charge in [0.2, 0.25) is 0 Å². The molecule has 0 amide bonds. The monoisotopic (exact) mass is 303 g/mol. The molecule has 0 atom stereocenters. The number of anilines is 1. The maximum Gasteiger partial charge on any atom is 0.405 e. The Balaban J connectivity index is 2.90.